The Morgan fingerprint density at radius 3 is 2.53 bits per heavy atom. The monoisotopic (exact) mass is 259 g/mol. The lowest BCUT2D eigenvalue weighted by Gasteiger charge is -2.14. The van der Waals surface area contributed by atoms with Crippen molar-refractivity contribution < 1.29 is 0 Å². The summed E-state index contributed by atoms with van der Waals surface area (Å²) >= 11 is 0. The first-order valence-corrected chi connectivity index (χ1v) is 7.04. The third kappa shape index (κ3) is 2.71. The van der Waals surface area contributed by atoms with Gasteiger partial charge in [-0.15, -0.1) is 0 Å². The molecule has 0 bridgehead atoms. The van der Waals surface area contributed by atoms with Gasteiger partial charge in [0.05, 0.1) is 17.4 Å². The molecular weight excluding hydrogens is 238 g/mol. The molecule has 2 aromatic heterocycles. The van der Waals surface area contributed by atoms with Gasteiger partial charge in [-0.3, -0.25) is 9.36 Å². The fourth-order valence-corrected chi connectivity index (χ4v) is 2.85. The van der Waals surface area contributed by atoms with E-state index >= 15 is 0 Å². The Morgan fingerprint density at radius 2 is 1.79 bits per heavy atom. The number of rotatable bonds is 5. The van der Waals surface area contributed by atoms with Crippen LogP contribution in [0.15, 0.2) is 24.5 Å². The maximum Gasteiger partial charge on any atom is 0.0525 e. The molecule has 1 aliphatic carbocycles. The molecule has 3 rings (SSSR count). The smallest absolute Gasteiger partial charge is 0.0525 e. The van der Waals surface area contributed by atoms with Crippen molar-refractivity contribution in [1.29, 1.82) is 0 Å². The molecule has 1 N–H and O–H groups in total. The Hall–Kier alpha value is -1.62. The summed E-state index contributed by atoms with van der Waals surface area (Å²) in [7, 11) is 1.97. The topological polar surface area (TPSA) is 47.7 Å². The molecule has 2 aromatic rings. The Kier molecular flexibility index (Phi) is 3.64. The predicted molar refractivity (Wildman–Crippen MR) is 73.5 cm³/mol. The molecule has 1 fully saturated rings. The first-order chi connectivity index (χ1) is 9.34. The van der Waals surface area contributed by atoms with E-state index in [1.165, 1.54) is 37.1 Å². The molecule has 5 heteroatoms. The van der Waals surface area contributed by atoms with Crippen molar-refractivity contribution in [1.82, 2.24) is 24.9 Å². The zero-order valence-electron chi connectivity index (χ0n) is 11.4. The molecule has 0 aromatic carbocycles. The highest BCUT2D eigenvalue weighted by molar-refractivity contribution is 5.04. The summed E-state index contributed by atoms with van der Waals surface area (Å²) in [5.41, 5.74) is 2.49. The van der Waals surface area contributed by atoms with Crippen LogP contribution in [0.1, 0.15) is 43.1 Å². The van der Waals surface area contributed by atoms with E-state index < -0.39 is 0 Å². The maximum absolute atomic E-state index is 4.49. The molecule has 2 heterocycles. The molecule has 19 heavy (non-hydrogen) atoms. The van der Waals surface area contributed by atoms with Crippen molar-refractivity contribution in [2.75, 3.05) is 0 Å². The van der Waals surface area contributed by atoms with Crippen LogP contribution in [0.4, 0.5) is 0 Å². The van der Waals surface area contributed by atoms with Gasteiger partial charge in [0.1, 0.15) is 0 Å². The lowest BCUT2D eigenvalue weighted by atomic mass is 10.2. The highest BCUT2D eigenvalue weighted by atomic mass is 15.3. The van der Waals surface area contributed by atoms with Crippen LogP contribution in [0.25, 0.3) is 0 Å². The van der Waals surface area contributed by atoms with Crippen LogP contribution in [0, 0.1) is 0 Å². The van der Waals surface area contributed by atoms with Crippen molar-refractivity contribution in [3.8, 4) is 0 Å². The van der Waals surface area contributed by atoms with Gasteiger partial charge in [-0.2, -0.15) is 10.2 Å². The number of hydrogen-bond acceptors (Lipinski definition) is 3. The Labute approximate surface area is 113 Å². The predicted octanol–water partition coefficient (Wildman–Crippen LogP) is 2.02. The van der Waals surface area contributed by atoms with Crippen LogP contribution in [0.2, 0.25) is 0 Å². The number of aromatic nitrogens is 4. The van der Waals surface area contributed by atoms with Gasteiger partial charge in [0.25, 0.3) is 0 Å². The normalized spacial score (nSPS) is 16.3. The molecule has 0 amide bonds. The fraction of sp³-hybridized carbons (Fsp3) is 0.571. The van der Waals surface area contributed by atoms with Gasteiger partial charge in [-0.1, -0.05) is 12.8 Å². The number of nitrogens with one attached hydrogen (secondary N) is 1. The summed E-state index contributed by atoms with van der Waals surface area (Å²) in [5, 5.41) is 12.1. The molecule has 1 saturated carbocycles. The zero-order chi connectivity index (χ0) is 13.1. The third-order valence-corrected chi connectivity index (χ3v) is 3.96. The van der Waals surface area contributed by atoms with Crippen LogP contribution >= 0.6 is 0 Å². The quantitative estimate of drug-likeness (QED) is 0.893. The van der Waals surface area contributed by atoms with Crippen molar-refractivity contribution in [3.63, 3.8) is 0 Å². The van der Waals surface area contributed by atoms with Crippen molar-refractivity contribution in [3.05, 3.63) is 35.9 Å². The van der Waals surface area contributed by atoms with Crippen molar-refractivity contribution in [2.45, 2.75) is 44.8 Å². The zero-order valence-corrected chi connectivity index (χ0v) is 11.4. The summed E-state index contributed by atoms with van der Waals surface area (Å²) in [6, 6.07) is 4.78. The van der Waals surface area contributed by atoms with E-state index in [2.05, 4.69) is 26.3 Å². The molecule has 102 valence electrons. The molecule has 0 saturated heterocycles. The molecule has 0 aliphatic heterocycles. The van der Waals surface area contributed by atoms with Crippen LogP contribution in [-0.4, -0.2) is 19.6 Å². The summed E-state index contributed by atoms with van der Waals surface area (Å²) in [6.07, 6.45) is 8.98. The average molecular weight is 259 g/mol. The summed E-state index contributed by atoms with van der Waals surface area (Å²) in [5.74, 6) is 0. The van der Waals surface area contributed by atoms with E-state index in [-0.39, 0.29) is 0 Å². The molecule has 0 spiro atoms. The van der Waals surface area contributed by atoms with Crippen molar-refractivity contribution >= 4 is 0 Å². The fourth-order valence-electron chi connectivity index (χ4n) is 2.85. The highest BCUT2D eigenvalue weighted by Crippen LogP contribution is 2.29. The van der Waals surface area contributed by atoms with E-state index in [1.54, 1.807) is 0 Å². The highest BCUT2D eigenvalue weighted by Gasteiger charge is 2.19. The minimum Gasteiger partial charge on any atom is -0.306 e. The summed E-state index contributed by atoms with van der Waals surface area (Å²) < 4.78 is 4.12. The first kappa shape index (κ1) is 12.4. The number of aryl methyl sites for hydroxylation is 1. The van der Waals surface area contributed by atoms with Crippen LogP contribution < -0.4 is 5.32 Å². The Bertz CT molecular complexity index is 521. The van der Waals surface area contributed by atoms with E-state index in [1.807, 2.05) is 30.2 Å². The van der Waals surface area contributed by atoms with E-state index in [0.717, 1.165) is 13.1 Å². The lowest BCUT2D eigenvalue weighted by Crippen LogP contribution is -2.19. The molecule has 1 aliphatic rings. The van der Waals surface area contributed by atoms with Crippen LogP contribution in [0.3, 0.4) is 0 Å². The number of nitrogens with zero attached hydrogens (tertiary/aromatic N) is 4. The van der Waals surface area contributed by atoms with Crippen molar-refractivity contribution in [2.24, 2.45) is 7.05 Å². The van der Waals surface area contributed by atoms with Gasteiger partial charge in [0, 0.05) is 32.5 Å². The lowest BCUT2D eigenvalue weighted by molar-refractivity contribution is 0.441. The second-order valence-electron chi connectivity index (χ2n) is 5.26. The van der Waals surface area contributed by atoms with Gasteiger partial charge in [0.15, 0.2) is 0 Å². The van der Waals surface area contributed by atoms with Gasteiger partial charge in [-0.25, -0.2) is 0 Å². The van der Waals surface area contributed by atoms with Crippen LogP contribution in [-0.2, 0) is 20.1 Å². The van der Waals surface area contributed by atoms with Gasteiger partial charge < -0.3 is 5.32 Å². The van der Waals surface area contributed by atoms with Gasteiger partial charge in [0.2, 0.25) is 0 Å². The summed E-state index contributed by atoms with van der Waals surface area (Å²) in [4.78, 5) is 0. The Morgan fingerprint density at radius 1 is 1.11 bits per heavy atom. The standard InChI is InChI=1S/C14H21N5/c1-18-13(6-8-16-18)10-15-11-14-7-9-17-19(14)12-4-2-3-5-12/h6-9,12,15H,2-5,10-11H2,1H3. The van der Waals surface area contributed by atoms with Gasteiger partial charge >= 0.3 is 0 Å². The first-order valence-electron chi connectivity index (χ1n) is 7.04. The molecule has 0 atom stereocenters. The van der Waals surface area contributed by atoms with E-state index in [0.29, 0.717) is 6.04 Å². The number of hydrogen-bond donors (Lipinski definition) is 1. The minimum atomic E-state index is 0.614. The average Bonchev–Trinajstić information content (AvgIpc) is 3.11. The summed E-state index contributed by atoms with van der Waals surface area (Å²) in [6.45, 7) is 1.70. The van der Waals surface area contributed by atoms with Crippen LogP contribution in [0.5, 0.6) is 0 Å². The SMILES string of the molecule is Cn1nccc1CNCc1ccnn1C1CCCC1. The van der Waals surface area contributed by atoms with Gasteiger partial charge in [-0.05, 0) is 25.0 Å². The molecule has 0 unspecified atom stereocenters. The van der Waals surface area contributed by atoms with E-state index in [9.17, 15) is 0 Å². The Balaban J connectivity index is 1.58. The second kappa shape index (κ2) is 5.57. The largest absolute Gasteiger partial charge is 0.306 e. The molecule has 5 nitrogen and oxygen atoms in total. The molecular formula is C14H21N5. The minimum absolute atomic E-state index is 0.614. The second-order valence-corrected chi connectivity index (χ2v) is 5.26. The molecule has 0 radical (unpaired) electrons. The maximum atomic E-state index is 4.49. The third-order valence-electron chi connectivity index (χ3n) is 3.96. The van der Waals surface area contributed by atoms with E-state index in [4.69, 9.17) is 0 Å².